The minimum atomic E-state index is -0.282. The van der Waals surface area contributed by atoms with Gasteiger partial charge in [-0.25, -0.2) is 0 Å². The second kappa shape index (κ2) is 7.30. The molecule has 0 aliphatic rings. The lowest BCUT2D eigenvalue weighted by Crippen LogP contribution is -2.20. The first-order valence-corrected chi connectivity index (χ1v) is 8.63. The number of carbonyl (C=O) groups excluding carboxylic acids is 2. The number of ether oxygens (including phenoxy) is 1. The summed E-state index contributed by atoms with van der Waals surface area (Å²) < 4.78 is 5.61. The first-order chi connectivity index (χ1) is 13.2. The smallest absolute Gasteiger partial charge is 0.262 e. The molecule has 4 rings (SSSR count). The summed E-state index contributed by atoms with van der Waals surface area (Å²) in [7, 11) is 0. The Bertz CT molecular complexity index is 1150. The molecule has 4 nitrogen and oxygen atoms in total. The molecule has 1 N–H and O–H groups in total. The van der Waals surface area contributed by atoms with Crippen LogP contribution in [-0.2, 0) is 4.79 Å². The van der Waals surface area contributed by atoms with Crippen LogP contribution in [0.15, 0.2) is 78.9 Å². The summed E-state index contributed by atoms with van der Waals surface area (Å²) in [5.74, 6) is 0.118. The summed E-state index contributed by atoms with van der Waals surface area (Å²) in [5, 5.41) is 6.74. The van der Waals surface area contributed by atoms with Gasteiger partial charge in [-0.15, -0.1) is 0 Å². The van der Waals surface area contributed by atoms with Crippen LogP contribution in [0.25, 0.3) is 21.5 Å². The third kappa shape index (κ3) is 3.51. The van der Waals surface area contributed by atoms with Crippen molar-refractivity contribution in [3.63, 3.8) is 0 Å². The fraction of sp³-hybridized carbons (Fsp3) is 0.0435. The molecule has 4 aromatic carbocycles. The zero-order valence-electron chi connectivity index (χ0n) is 14.5. The Morgan fingerprint density at radius 1 is 0.852 bits per heavy atom. The van der Waals surface area contributed by atoms with Crippen LogP contribution in [0.4, 0.5) is 5.69 Å². The van der Waals surface area contributed by atoms with Gasteiger partial charge in [0, 0.05) is 5.69 Å². The number of fused-ring (bicyclic) bond motifs is 2. The highest BCUT2D eigenvalue weighted by molar-refractivity contribution is 6.01. The molecule has 0 spiro atoms. The molecule has 0 fully saturated rings. The molecule has 0 bridgehead atoms. The van der Waals surface area contributed by atoms with Gasteiger partial charge in [0.25, 0.3) is 5.91 Å². The van der Waals surface area contributed by atoms with E-state index < -0.39 is 0 Å². The van der Waals surface area contributed by atoms with Crippen LogP contribution in [0.3, 0.4) is 0 Å². The molecular formula is C23H17NO3. The van der Waals surface area contributed by atoms with Crippen molar-refractivity contribution < 1.29 is 14.3 Å². The van der Waals surface area contributed by atoms with Gasteiger partial charge in [-0.1, -0.05) is 60.7 Å². The standard InChI is InChI=1S/C23H17NO3/c25-14-21-20-8-4-3-6-17(20)10-12-22(21)27-15-23(26)24-19-11-9-16-5-1-2-7-18(16)13-19/h1-14H,15H2,(H,24,26). The molecule has 0 radical (unpaired) electrons. The van der Waals surface area contributed by atoms with E-state index in [4.69, 9.17) is 4.74 Å². The molecule has 0 aliphatic heterocycles. The van der Waals surface area contributed by atoms with E-state index in [1.54, 1.807) is 6.07 Å². The number of amides is 1. The topological polar surface area (TPSA) is 55.4 Å². The first kappa shape index (κ1) is 16.8. The van der Waals surface area contributed by atoms with Crippen molar-refractivity contribution >= 4 is 39.4 Å². The zero-order valence-corrected chi connectivity index (χ0v) is 14.5. The van der Waals surface area contributed by atoms with Gasteiger partial charge in [0.2, 0.25) is 0 Å². The van der Waals surface area contributed by atoms with Crippen LogP contribution in [0, 0.1) is 0 Å². The van der Waals surface area contributed by atoms with Gasteiger partial charge in [-0.05, 0) is 39.7 Å². The lowest BCUT2D eigenvalue weighted by atomic mass is 10.0. The van der Waals surface area contributed by atoms with Crippen LogP contribution in [0.5, 0.6) is 5.75 Å². The number of benzene rings is 4. The molecule has 1 amide bonds. The van der Waals surface area contributed by atoms with Crippen molar-refractivity contribution in [3.05, 3.63) is 84.4 Å². The fourth-order valence-electron chi connectivity index (χ4n) is 3.13. The highest BCUT2D eigenvalue weighted by Crippen LogP contribution is 2.26. The second-order valence-electron chi connectivity index (χ2n) is 6.22. The molecule has 0 atom stereocenters. The predicted molar refractivity (Wildman–Crippen MR) is 107 cm³/mol. The third-order valence-corrected chi connectivity index (χ3v) is 4.44. The number of aldehydes is 1. The molecule has 0 saturated heterocycles. The summed E-state index contributed by atoms with van der Waals surface area (Å²) in [6.45, 7) is -0.175. The largest absolute Gasteiger partial charge is 0.483 e. The maximum Gasteiger partial charge on any atom is 0.262 e. The summed E-state index contributed by atoms with van der Waals surface area (Å²) in [6, 6.07) is 24.8. The molecule has 0 heterocycles. The first-order valence-electron chi connectivity index (χ1n) is 8.63. The average Bonchev–Trinajstić information content (AvgIpc) is 2.71. The van der Waals surface area contributed by atoms with E-state index in [1.807, 2.05) is 72.8 Å². The van der Waals surface area contributed by atoms with Crippen LogP contribution < -0.4 is 10.1 Å². The number of rotatable bonds is 5. The monoisotopic (exact) mass is 355 g/mol. The normalized spacial score (nSPS) is 10.7. The molecule has 0 aromatic heterocycles. The van der Waals surface area contributed by atoms with Crippen molar-refractivity contribution in [1.82, 2.24) is 0 Å². The Morgan fingerprint density at radius 2 is 1.56 bits per heavy atom. The maximum atomic E-state index is 12.3. The minimum Gasteiger partial charge on any atom is -0.483 e. The highest BCUT2D eigenvalue weighted by atomic mass is 16.5. The minimum absolute atomic E-state index is 0.175. The maximum absolute atomic E-state index is 12.3. The quantitative estimate of drug-likeness (QED) is 0.522. The zero-order chi connectivity index (χ0) is 18.6. The SMILES string of the molecule is O=Cc1c(OCC(=O)Nc2ccc3ccccc3c2)ccc2ccccc12. The molecular weight excluding hydrogens is 338 g/mol. The van der Waals surface area contributed by atoms with Gasteiger partial charge >= 0.3 is 0 Å². The lowest BCUT2D eigenvalue weighted by molar-refractivity contribution is -0.118. The predicted octanol–water partition coefficient (Wildman–Crippen LogP) is 4.82. The molecule has 4 aromatic rings. The van der Waals surface area contributed by atoms with Crippen LogP contribution in [0.1, 0.15) is 10.4 Å². The molecule has 0 saturated carbocycles. The lowest BCUT2D eigenvalue weighted by Gasteiger charge is -2.11. The average molecular weight is 355 g/mol. The molecule has 0 aliphatic carbocycles. The van der Waals surface area contributed by atoms with Crippen molar-refractivity contribution in [2.75, 3.05) is 11.9 Å². The van der Waals surface area contributed by atoms with E-state index in [9.17, 15) is 9.59 Å². The van der Waals surface area contributed by atoms with Gasteiger partial charge < -0.3 is 10.1 Å². The van der Waals surface area contributed by atoms with Gasteiger partial charge in [0.05, 0.1) is 5.56 Å². The Balaban J connectivity index is 1.48. The van der Waals surface area contributed by atoms with Crippen molar-refractivity contribution in [2.45, 2.75) is 0 Å². The Kier molecular flexibility index (Phi) is 4.54. The van der Waals surface area contributed by atoms with Crippen LogP contribution in [0.2, 0.25) is 0 Å². The van der Waals surface area contributed by atoms with Crippen molar-refractivity contribution in [3.8, 4) is 5.75 Å². The van der Waals surface area contributed by atoms with Crippen LogP contribution >= 0.6 is 0 Å². The molecule has 4 heteroatoms. The number of nitrogens with one attached hydrogen (secondary N) is 1. The third-order valence-electron chi connectivity index (χ3n) is 4.44. The summed E-state index contributed by atoms with van der Waals surface area (Å²) in [5.41, 5.74) is 1.16. The van der Waals surface area contributed by atoms with E-state index in [0.717, 1.165) is 27.8 Å². The van der Waals surface area contributed by atoms with Crippen LogP contribution in [-0.4, -0.2) is 18.8 Å². The Labute approximate surface area is 156 Å². The Hall–Kier alpha value is -3.66. The number of anilines is 1. The van der Waals surface area contributed by atoms with E-state index in [1.165, 1.54) is 0 Å². The highest BCUT2D eigenvalue weighted by Gasteiger charge is 2.10. The van der Waals surface area contributed by atoms with Gasteiger partial charge in [0.15, 0.2) is 12.9 Å². The van der Waals surface area contributed by atoms with Gasteiger partial charge in [-0.2, -0.15) is 0 Å². The van der Waals surface area contributed by atoms with Crippen molar-refractivity contribution in [2.24, 2.45) is 0 Å². The van der Waals surface area contributed by atoms with Crippen molar-refractivity contribution in [1.29, 1.82) is 0 Å². The molecule has 27 heavy (non-hydrogen) atoms. The Morgan fingerprint density at radius 3 is 2.37 bits per heavy atom. The van der Waals surface area contributed by atoms with E-state index in [-0.39, 0.29) is 12.5 Å². The summed E-state index contributed by atoms with van der Waals surface area (Å²) in [4.78, 5) is 23.8. The van der Waals surface area contributed by atoms with E-state index in [2.05, 4.69) is 5.32 Å². The number of hydrogen-bond donors (Lipinski definition) is 1. The second-order valence-corrected chi connectivity index (χ2v) is 6.22. The summed E-state index contributed by atoms with van der Waals surface area (Å²) >= 11 is 0. The van der Waals surface area contributed by atoms with Gasteiger partial charge in [-0.3, -0.25) is 9.59 Å². The number of carbonyl (C=O) groups is 2. The molecule has 132 valence electrons. The molecule has 0 unspecified atom stereocenters. The van der Waals surface area contributed by atoms with Gasteiger partial charge in [0.1, 0.15) is 5.75 Å². The fourth-order valence-corrected chi connectivity index (χ4v) is 3.13. The van der Waals surface area contributed by atoms with E-state index >= 15 is 0 Å². The van der Waals surface area contributed by atoms with E-state index in [0.29, 0.717) is 17.0 Å². The summed E-state index contributed by atoms with van der Waals surface area (Å²) in [6.07, 6.45) is 0.763. The number of hydrogen-bond acceptors (Lipinski definition) is 3.